The van der Waals surface area contributed by atoms with E-state index >= 15 is 0 Å². The number of fused-ring (bicyclic) bond motifs is 3. The van der Waals surface area contributed by atoms with Crippen molar-refractivity contribution in [2.24, 2.45) is 28.6 Å². The SMILES string of the molecule is CC#C[C@@]1(C)CCC2C(CC=C3C[C@@H](O[C@@H]4O[C@H](CO)[C@@H](O[C@@H]5O[C@@H](C)[C@H](O)[C@@H](O)[C@H]5O)[C@H](O)[C@H]4O[C@@H]4O[C@@H](C)[C@H](O)[C@@H](O)[C@H]4O)CC[C@@]32C)C1CC(=O)O. The number of hydrogen-bond donors (Lipinski definition) is 9. The van der Waals surface area contributed by atoms with E-state index in [0.717, 1.165) is 19.3 Å². The highest BCUT2D eigenvalue weighted by atomic mass is 16.8. The molecule has 5 fully saturated rings. The van der Waals surface area contributed by atoms with E-state index in [4.69, 9.17) is 28.4 Å². The summed E-state index contributed by atoms with van der Waals surface area (Å²) in [5.41, 5.74) is 0.588. The van der Waals surface area contributed by atoms with Gasteiger partial charge in [0.05, 0.1) is 24.9 Å². The van der Waals surface area contributed by atoms with Gasteiger partial charge in [0.1, 0.15) is 61.0 Å². The first-order chi connectivity index (χ1) is 25.9. The molecule has 0 bridgehead atoms. The second-order valence-corrected chi connectivity index (χ2v) is 17.0. The molecular formula is C39H60O16. The van der Waals surface area contributed by atoms with Gasteiger partial charge in [-0.25, -0.2) is 0 Å². The van der Waals surface area contributed by atoms with Crippen LogP contribution in [0.3, 0.4) is 0 Å². The average molecular weight is 785 g/mol. The van der Waals surface area contributed by atoms with Crippen molar-refractivity contribution in [1.29, 1.82) is 0 Å². The molecule has 16 nitrogen and oxygen atoms in total. The maximum Gasteiger partial charge on any atom is 0.303 e. The molecule has 0 aromatic rings. The van der Waals surface area contributed by atoms with E-state index in [1.807, 2.05) is 0 Å². The topological polar surface area (TPSA) is 255 Å². The van der Waals surface area contributed by atoms with Crippen LogP contribution in [0.2, 0.25) is 0 Å². The standard InChI is InChI=1S/C39H60O16/c1-6-11-38(4)12-10-22-21(23(38)15-25(41)42)8-7-19-14-20(9-13-39(19,22)5)52-37-34(55-36-31(48)29(46)27(44)18(3)51-36)32(49)33(24(16-40)53-37)54-35-30(47)28(45)26(43)17(2)50-35/h7,17-18,20-24,26-37,40,43-49H,8-10,12-16H2,1-5H3,(H,41,42)/t17-,18-,20-,21?,22?,23?,24+,26-,27-,28+,29+,30+,31+,32-,33+,34+,35-,36-,37+,38-,39-/m0/s1. The van der Waals surface area contributed by atoms with E-state index in [-0.39, 0.29) is 29.6 Å². The molecule has 55 heavy (non-hydrogen) atoms. The van der Waals surface area contributed by atoms with Crippen LogP contribution in [0, 0.1) is 40.4 Å². The molecule has 0 aromatic heterocycles. The monoisotopic (exact) mass is 784 g/mol. The minimum absolute atomic E-state index is 0.0539. The molecule has 3 saturated heterocycles. The third-order valence-electron chi connectivity index (χ3n) is 13.6. The Balaban J connectivity index is 1.23. The first-order valence-electron chi connectivity index (χ1n) is 19.6. The summed E-state index contributed by atoms with van der Waals surface area (Å²) in [7, 11) is 0. The summed E-state index contributed by atoms with van der Waals surface area (Å²) >= 11 is 0. The van der Waals surface area contributed by atoms with Gasteiger partial charge in [0.15, 0.2) is 18.9 Å². The normalized spacial score (nSPS) is 51.5. The molecular weight excluding hydrogens is 724 g/mol. The summed E-state index contributed by atoms with van der Waals surface area (Å²) < 4.78 is 36.1. The molecule has 9 N–H and O–H groups in total. The molecule has 3 aliphatic carbocycles. The molecule has 3 heterocycles. The fraction of sp³-hybridized carbons (Fsp3) is 0.872. The van der Waals surface area contributed by atoms with Gasteiger partial charge in [-0.05, 0) is 89.4 Å². The Morgan fingerprint density at radius 2 is 1.40 bits per heavy atom. The number of carboxylic acids is 1. The summed E-state index contributed by atoms with van der Waals surface area (Å²) in [4.78, 5) is 12.1. The zero-order chi connectivity index (χ0) is 40.1. The summed E-state index contributed by atoms with van der Waals surface area (Å²) in [6.45, 7) is 8.38. The van der Waals surface area contributed by atoms with Crippen molar-refractivity contribution in [2.75, 3.05) is 6.61 Å². The van der Waals surface area contributed by atoms with E-state index < -0.39 is 116 Å². The van der Waals surface area contributed by atoms with Crippen LogP contribution in [-0.4, -0.2) is 157 Å². The number of hydrogen-bond acceptors (Lipinski definition) is 15. The third kappa shape index (κ3) is 8.13. The van der Waals surface area contributed by atoms with Gasteiger partial charge in [-0.15, -0.1) is 5.92 Å². The molecule has 6 rings (SSSR count). The lowest BCUT2D eigenvalue weighted by Crippen LogP contribution is -2.66. The van der Waals surface area contributed by atoms with Crippen LogP contribution >= 0.6 is 0 Å². The van der Waals surface area contributed by atoms with E-state index in [9.17, 15) is 50.8 Å². The van der Waals surface area contributed by atoms with Gasteiger partial charge in [-0.2, -0.15) is 0 Å². The summed E-state index contributed by atoms with van der Waals surface area (Å²) in [5.74, 6) is 5.87. The lowest BCUT2D eigenvalue weighted by molar-refractivity contribution is -0.388. The number of rotatable bonds is 9. The van der Waals surface area contributed by atoms with E-state index in [2.05, 4.69) is 31.8 Å². The Kier molecular flexibility index (Phi) is 13.1. The van der Waals surface area contributed by atoms with Crippen LogP contribution in [0.15, 0.2) is 11.6 Å². The minimum Gasteiger partial charge on any atom is -0.481 e. The van der Waals surface area contributed by atoms with Crippen molar-refractivity contribution in [3.63, 3.8) is 0 Å². The van der Waals surface area contributed by atoms with Gasteiger partial charge in [0, 0.05) is 11.8 Å². The summed E-state index contributed by atoms with van der Waals surface area (Å²) in [6.07, 6.45) is -15.9. The molecule has 312 valence electrons. The van der Waals surface area contributed by atoms with Crippen molar-refractivity contribution < 1.29 is 79.2 Å². The number of aliphatic hydroxyl groups is 8. The second kappa shape index (κ2) is 16.8. The zero-order valence-corrected chi connectivity index (χ0v) is 32.1. The average Bonchev–Trinajstić information content (AvgIpc) is 3.14. The van der Waals surface area contributed by atoms with E-state index in [1.54, 1.807) is 6.92 Å². The Morgan fingerprint density at radius 1 is 0.800 bits per heavy atom. The smallest absolute Gasteiger partial charge is 0.303 e. The van der Waals surface area contributed by atoms with Crippen LogP contribution in [0.4, 0.5) is 0 Å². The molecule has 6 aliphatic rings. The number of carbonyl (C=O) groups is 1. The number of aliphatic carboxylic acids is 1. The molecule has 21 atom stereocenters. The zero-order valence-electron chi connectivity index (χ0n) is 32.1. The van der Waals surface area contributed by atoms with Gasteiger partial charge in [-0.1, -0.05) is 24.5 Å². The highest BCUT2D eigenvalue weighted by Crippen LogP contribution is 2.62. The minimum atomic E-state index is -1.74. The quantitative estimate of drug-likeness (QED) is 0.106. The first kappa shape index (κ1) is 42.8. The Labute approximate surface area is 321 Å². The number of aliphatic hydroxyl groups excluding tert-OH is 8. The van der Waals surface area contributed by atoms with Gasteiger partial charge in [0.2, 0.25) is 0 Å². The lowest BCUT2D eigenvalue weighted by Gasteiger charge is -2.57. The summed E-state index contributed by atoms with van der Waals surface area (Å²) in [5, 5.41) is 95.1. The highest BCUT2D eigenvalue weighted by Gasteiger charge is 2.57. The van der Waals surface area contributed by atoms with Gasteiger partial charge in [-0.3, -0.25) is 4.79 Å². The third-order valence-corrected chi connectivity index (χ3v) is 13.6. The van der Waals surface area contributed by atoms with Crippen molar-refractivity contribution in [3.05, 3.63) is 11.6 Å². The fourth-order valence-corrected chi connectivity index (χ4v) is 10.3. The second-order valence-electron chi connectivity index (χ2n) is 17.0. The Hall–Kier alpha value is -1.79. The van der Waals surface area contributed by atoms with Gasteiger partial charge < -0.3 is 74.4 Å². The lowest BCUT2D eigenvalue weighted by atomic mass is 9.47. The molecule has 0 amide bonds. The van der Waals surface area contributed by atoms with Crippen molar-refractivity contribution in [2.45, 2.75) is 178 Å². The van der Waals surface area contributed by atoms with Crippen LogP contribution in [0.25, 0.3) is 0 Å². The van der Waals surface area contributed by atoms with E-state index in [1.165, 1.54) is 19.4 Å². The van der Waals surface area contributed by atoms with E-state index in [0.29, 0.717) is 19.3 Å². The fourth-order valence-electron chi connectivity index (χ4n) is 10.3. The van der Waals surface area contributed by atoms with Crippen LogP contribution in [0.1, 0.15) is 79.6 Å². The van der Waals surface area contributed by atoms with Gasteiger partial charge >= 0.3 is 5.97 Å². The highest BCUT2D eigenvalue weighted by molar-refractivity contribution is 5.67. The Morgan fingerprint density at radius 3 is 1.96 bits per heavy atom. The molecule has 0 radical (unpaired) electrons. The predicted octanol–water partition coefficient (Wildman–Crippen LogP) is -0.458. The van der Waals surface area contributed by atoms with Gasteiger partial charge in [0.25, 0.3) is 0 Å². The summed E-state index contributed by atoms with van der Waals surface area (Å²) in [6, 6.07) is 0. The van der Waals surface area contributed by atoms with Crippen molar-refractivity contribution in [1.82, 2.24) is 0 Å². The number of carboxylic acid groups (broad SMARTS) is 1. The molecule has 2 saturated carbocycles. The Bertz CT molecular complexity index is 1450. The maximum absolute atomic E-state index is 12.1. The first-order valence-corrected chi connectivity index (χ1v) is 19.6. The molecule has 3 aliphatic heterocycles. The van der Waals surface area contributed by atoms with Crippen LogP contribution in [-0.2, 0) is 33.2 Å². The maximum atomic E-state index is 12.1. The molecule has 3 unspecified atom stereocenters. The van der Waals surface area contributed by atoms with Crippen LogP contribution in [0.5, 0.6) is 0 Å². The number of ether oxygens (including phenoxy) is 6. The van der Waals surface area contributed by atoms with Crippen molar-refractivity contribution in [3.8, 4) is 11.8 Å². The van der Waals surface area contributed by atoms with Crippen LogP contribution < -0.4 is 0 Å². The molecule has 0 aromatic carbocycles. The molecule has 0 spiro atoms. The van der Waals surface area contributed by atoms with Crippen molar-refractivity contribution >= 4 is 5.97 Å². The predicted molar refractivity (Wildman–Crippen MR) is 189 cm³/mol. The molecule has 16 heteroatoms. The number of allylic oxidation sites excluding steroid dienone is 1. The largest absolute Gasteiger partial charge is 0.481 e.